The zero-order chi connectivity index (χ0) is 11.8. The van der Waals surface area contributed by atoms with Crippen molar-refractivity contribution in [1.82, 2.24) is 5.32 Å². The van der Waals surface area contributed by atoms with Crippen LogP contribution in [0.2, 0.25) is 0 Å². The summed E-state index contributed by atoms with van der Waals surface area (Å²) in [6.07, 6.45) is 2.72. The van der Waals surface area contributed by atoms with Crippen LogP contribution in [0, 0.1) is 11.8 Å². The third kappa shape index (κ3) is 5.99. The van der Waals surface area contributed by atoms with Crippen molar-refractivity contribution in [3.8, 4) is 0 Å². The van der Waals surface area contributed by atoms with Crippen LogP contribution in [0.3, 0.4) is 0 Å². The Hall–Kier alpha value is -0.290. The largest absolute Gasteiger partial charge is 0.393 e. The molecule has 0 aromatic heterocycles. The normalized spacial score (nSPS) is 14.3. The van der Waals surface area contributed by atoms with Gasteiger partial charge in [-0.1, -0.05) is 26.1 Å². The maximum absolute atomic E-state index is 11.6. The SMILES string of the molecule is CCC(C(=O)NCC(C)CSC)C(N)=S. The summed E-state index contributed by atoms with van der Waals surface area (Å²) in [7, 11) is 0. The minimum absolute atomic E-state index is 0.0436. The maximum atomic E-state index is 11.6. The number of amides is 1. The highest BCUT2D eigenvalue weighted by Crippen LogP contribution is 2.05. The highest BCUT2D eigenvalue weighted by molar-refractivity contribution is 7.98. The van der Waals surface area contributed by atoms with E-state index in [1.807, 2.05) is 6.92 Å². The molecule has 2 unspecified atom stereocenters. The minimum Gasteiger partial charge on any atom is -0.393 e. The first-order chi connectivity index (χ1) is 7.02. The highest BCUT2D eigenvalue weighted by Gasteiger charge is 2.19. The molecule has 0 aliphatic heterocycles. The van der Waals surface area contributed by atoms with E-state index in [1.165, 1.54) is 0 Å². The average molecular weight is 248 g/mol. The van der Waals surface area contributed by atoms with E-state index in [1.54, 1.807) is 11.8 Å². The molecule has 3 N–H and O–H groups in total. The van der Waals surface area contributed by atoms with Gasteiger partial charge in [0.05, 0.1) is 10.9 Å². The van der Waals surface area contributed by atoms with Crippen LogP contribution in [0.15, 0.2) is 0 Å². The molecule has 0 fully saturated rings. The van der Waals surface area contributed by atoms with Gasteiger partial charge in [-0.15, -0.1) is 0 Å². The van der Waals surface area contributed by atoms with Crippen LogP contribution in [0.4, 0.5) is 0 Å². The summed E-state index contributed by atoms with van der Waals surface area (Å²) in [5.74, 6) is 1.16. The van der Waals surface area contributed by atoms with E-state index in [-0.39, 0.29) is 16.8 Å². The molecule has 0 radical (unpaired) electrons. The van der Waals surface area contributed by atoms with Crippen molar-refractivity contribution < 1.29 is 4.79 Å². The third-order valence-corrected chi connectivity index (χ3v) is 3.33. The molecular weight excluding hydrogens is 228 g/mol. The molecule has 1 amide bonds. The van der Waals surface area contributed by atoms with Crippen LogP contribution < -0.4 is 11.1 Å². The van der Waals surface area contributed by atoms with Gasteiger partial charge in [0.1, 0.15) is 0 Å². The van der Waals surface area contributed by atoms with Crippen molar-refractivity contribution in [2.45, 2.75) is 20.3 Å². The van der Waals surface area contributed by atoms with E-state index in [0.29, 0.717) is 18.9 Å². The lowest BCUT2D eigenvalue weighted by molar-refractivity contribution is -0.123. The fraction of sp³-hybridized carbons (Fsp3) is 0.800. The van der Waals surface area contributed by atoms with Crippen LogP contribution in [-0.2, 0) is 4.79 Å². The Morgan fingerprint density at radius 1 is 1.60 bits per heavy atom. The summed E-state index contributed by atoms with van der Waals surface area (Å²) in [6, 6.07) is 0. The number of nitrogens with two attached hydrogens (primary N) is 1. The molecule has 88 valence electrons. The summed E-state index contributed by atoms with van der Waals surface area (Å²) in [5, 5.41) is 2.88. The summed E-state index contributed by atoms with van der Waals surface area (Å²) in [5.41, 5.74) is 5.48. The smallest absolute Gasteiger partial charge is 0.229 e. The van der Waals surface area contributed by atoms with Crippen molar-refractivity contribution >= 4 is 34.9 Å². The van der Waals surface area contributed by atoms with Gasteiger partial charge in [-0.25, -0.2) is 0 Å². The fourth-order valence-electron chi connectivity index (χ4n) is 1.26. The lowest BCUT2D eigenvalue weighted by atomic mass is 10.1. The lowest BCUT2D eigenvalue weighted by Crippen LogP contribution is -2.39. The minimum atomic E-state index is -0.318. The van der Waals surface area contributed by atoms with Crippen LogP contribution in [0.25, 0.3) is 0 Å². The molecule has 0 aliphatic rings. The Morgan fingerprint density at radius 3 is 2.60 bits per heavy atom. The molecule has 15 heavy (non-hydrogen) atoms. The average Bonchev–Trinajstić information content (AvgIpc) is 2.15. The second-order valence-corrected chi connectivity index (χ2v) is 5.05. The molecule has 5 heteroatoms. The Kier molecular flexibility index (Phi) is 7.78. The quantitative estimate of drug-likeness (QED) is 0.669. The van der Waals surface area contributed by atoms with Gasteiger partial charge >= 0.3 is 0 Å². The molecule has 0 spiro atoms. The van der Waals surface area contributed by atoms with Crippen LogP contribution in [0.1, 0.15) is 20.3 Å². The van der Waals surface area contributed by atoms with Crippen molar-refractivity contribution in [1.29, 1.82) is 0 Å². The molecule has 3 nitrogen and oxygen atoms in total. The zero-order valence-electron chi connectivity index (χ0n) is 9.58. The van der Waals surface area contributed by atoms with Gasteiger partial charge in [-0.2, -0.15) is 11.8 Å². The lowest BCUT2D eigenvalue weighted by Gasteiger charge is -2.16. The predicted octanol–water partition coefficient (Wildman–Crippen LogP) is 1.41. The third-order valence-electron chi connectivity index (χ3n) is 2.14. The van der Waals surface area contributed by atoms with Crippen LogP contribution >= 0.6 is 24.0 Å². The van der Waals surface area contributed by atoms with Gasteiger partial charge in [-0.05, 0) is 24.3 Å². The predicted molar refractivity (Wildman–Crippen MR) is 71.1 cm³/mol. The van der Waals surface area contributed by atoms with Crippen LogP contribution in [0.5, 0.6) is 0 Å². The number of nitrogens with one attached hydrogen (secondary N) is 1. The molecule has 0 rings (SSSR count). The number of carbonyl (C=O) groups is 1. The Labute approximate surface area is 102 Å². The zero-order valence-corrected chi connectivity index (χ0v) is 11.2. The molecule has 0 saturated carbocycles. The summed E-state index contributed by atoms with van der Waals surface area (Å²) < 4.78 is 0. The van der Waals surface area contributed by atoms with E-state index in [9.17, 15) is 4.79 Å². The van der Waals surface area contributed by atoms with Gasteiger partial charge in [-0.3, -0.25) is 4.79 Å². The standard InChI is InChI=1S/C10H20N2OS2/c1-4-8(9(11)14)10(13)12-5-7(2)6-15-3/h7-8H,4-6H2,1-3H3,(H2,11,14)(H,12,13). The molecule has 2 atom stereocenters. The number of rotatable bonds is 7. The summed E-state index contributed by atoms with van der Waals surface area (Å²) in [4.78, 5) is 11.9. The molecule has 0 aromatic carbocycles. The van der Waals surface area contributed by atoms with E-state index in [0.717, 1.165) is 5.75 Å². The Morgan fingerprint density at radius 2 is 2.20 bits per heavy atom. The van der Waals surface area contributed by atoms with Crippen molar-refractivity contribution in [2.24, 2.45) is 17.6 Å². The molecule has 0 aliphatic carbocycles. The first-order valence-electron chi connectivity index (χ1n) is 5.08. The van der Waals surface area contributed by atoms with Gasteiger partial charge in [0, 0.05) is 6.54 Å². The first kappa shape index (κ1) is 14.7. The van der Waals surface area contributed by atoms with E-state index in [2.05, 4.69) is 18.5 Å². The Bertz CT molecular complexity index is 221. The Balaban J connectivity index is 3.96. The number of thiocarbonyl (C=S) groups is 1. The van der Waals surface area contributed by atoms with E-state index < -0.39 is 0 Å². The number of carbonyl (C=O) groups excluding carboxylic acids is 1. The van der Waals surface area contributed by atoms with Gasteiger partial charge < -0.3 is 11.1 Å². The van der Waals surface area contributed by atoms with Crippen molar-refractivity contribution in [2.75, 3.05) is 18.6 Å². The van der Waals surface area contributed by atoms with Gasteiger partial charge in [0.15, 0.2) is 0 Å². The number of hydrogen-bond acceptors (Lipinski definition) is 3. The van der Waals surface area contributed by atoms with Crippen molar-refractivity contribution in [3.63, 3.8) is 0 Å². The molecule has 0 aromatic rings. The maximum Gasteiger partial charge on any atom is 0.229 e. The van der Waals surface area contributed by atoms with Gasteiger partial charge in [0.25, 0.3) is 0 Å². The highest BCUT2D eigenvalue weighted by atomic mass is 32.2. The molecule has 0 saturated heterocycles. The van der Waals surface area contributed by atoms with E-state index in [4.69, 9.17) is 18.0 Å². The second kappa shape index (κ2) is 7.93. The second-order valence-electron chi connectivity index (χ2n) is 3.67. The molecular formula is C10H20N2OS2. The van der Waals surface area contributed by atoms with Crippen molar-refractivity contribution in [3.05, 3.63) is 0 Å². The molecule has 0 bridgehead atoms. The van der Waals surface area contributed by atoms with Crippen LogP contribution in [-0.4, -0.2) is 29.4 Å². The monoisotopic (exact) mass is 248 g/mol. The number of hydrogen-bond donors (Lipinski definition) is 2. The summed E-state index contributed by atoms with van der Waals surface area (Å²) >= 11 is 6.62. The first-order valence-corrected chi connectivity index (χ1v) is 6.89. The summed E-state index contributed by atoms with van der Waals surface area (Å²) in [6.45, 7) is 4.71. The topological polar surface area (TPSA) is 55.1 Å². The van der Waals surface area contributed by atoms with Gasteiger partial charge in [0.2, 0.25) is 5.91 Å². The van der Waals surface area contributed by atoms with E-state index >= 15 is 0 Å². The fourth-order valence-corrected chi connectivity index (χ4v) is 2.22. The number of thioether (sulfide) groups is 1. The molecule has 0 heterocycles.